The van der Waals surface area contributed by atoms with Gasteiger partial charge in [0.2, 0.25) is 5.91 Å². The normalized spacial score (nSPS) is 13.0. The number of anilines is 1. The molecule has 1 heterocycles. The summed E-state index contributed by atoms with van der Waals surface area (Å²) < 4.78 is 12.4. The van der Waals surface area contributed by atoms with Crippen LogP contribution in [0, 0.1) is 6.92 Å². The van der Waals surface area contributed by atoms with Crippen LogP contribution in [0.3, 0.4) is 0 Å². The van der Waals surface area contributed by atoms with Crippen molar-refractivity contribution in [1.29, 1.82) is 0 Å². The third-order valence-corrected chi connectivity index (χ3v) is 6.61. The molecule has 3 aromatic rings. The molecule has 1 amide bonds. The Bertz CT molecular complexity index is 1050. The highest BCUT2D eigenvalue weighted by Gasteiger charge is 2.13. The first kappa shape index (κ1) is 20.9. The van der Waals surface area contributed by atoms with Crippen molar-refractivity contribution in [3.63, 3.8) is 0 Å². The van der Waals surface area contributed by atoms with Crippen LogP contribution in [0.25, 0.3) is 0 Å². The molecule has 0 saturated carbocycles. The van der Waals surface area contributed by atoms with Gasteiger partial charge in [0, 0.05) is 10.2 Å². The van der Waals surface area contributed by atoms with Crippen LogP contribution >= 0.6 is 27.7 Å². The molecule has 1 N–H and O–H groups in total. The fourth-order valence-corrected chi connectivity index (χ4v) is 4.17. The van der Waals surface area contributed by atoms with E-state index in [1.165, 1.54) is 35.7 Å². The Labute approximate surface area is 187 Å². The molecule has 156 valence electrons. The van der Waals surface area contributed by atoms with Gasteiger partial charge in [0.1, 0.15) is 5.75 Å². The fraction of sp³-hybridized carbons (Fsp3) is 0.318. The lowest BCUT2D eigenvalue weighted by atomic mass is 9.92. The Hall–Kier alpha value is -2.32. The van der Waals surface area contributed by atoms with Gasteiger partial charge in [-0.15, -0.1) is 10.2 Å². The van der Waals surface area contributed by atoms with Crippen LogP contribution in [0.2, 0.25) is 0 Å². The van der Waals surface area contributed by atoms with Gasteiger partial charge < -0.3 is 14.5 Å². The number of aromatic nitrogens is 2. The van der Waals surface area contributed by atoms with Crippen molar-refractivity contribution in [2.45, 2.75) is 44.4 Å². The SMILES string of the molecule is Cc1cc(NC(=O)CSc2nnc(COc3ccc4c(c3)CCCC4)o2)ccc1Br. The summed E-state index contributed by atoms with van der Waals surface area (Å²) >= 11 is 4.65. The van der Waals surface area contributed by atoms with Gasteiger partial charge in [-0.05, 0) is 79.6 Å². The standard InChI is InChI=1S/C22H22BrN3O3S/c1-14-10-17(7-9-19(14)23)24-20(27)13-30-22-26-25-21(29-22)12-28-18-8-6-15-4-2-3-5-16(15)11-18/h6-11H,2-5,12-13H2,1H3,(H,24,27). The number of nitrogens with one attached hydrogen (secondary N) is 1. The summed E-state index contributed by atoms with van der Waals surface area (Å²) in [7, 11) is 0. The molecule has 4 rings (SSSR count). The van der Waals surface area contributed by atoms with Crippen LogP contribution in [0.1, 0.15) is 35.4 Å². The lowest BCUT2D eigenvalue weighted by molar-refractivity contribution is -0.113. The molecule has 8 heteroatoms. The summed E-state index contributed by atoms with van der Waals surface area (Å²) in [5, 5.41) is 11.2. The third kappa shape index (κ3) is 5.43. The molecule has 0 atom stereocenters. The van der Waals surface area contributed by atoms with Crippen molar-refractivity contribution in [2.75, 3.05) is 11.1 Å². The van der Waals surface area contributed by atoms with Gasteiger partial charge in [0.05, 0.1) is 5.75 Å². The Morgan fingerprint density at radius 2 is 2.00 bits per heavy atom. The van der Waals surface area contributed by atoms with E-state index < -0.39 is 0 Å². The van der Waals surface area contributed by atoms with E-state index in [9.17, 15) is 4.79 Å². The quantitative estimate of drug-likeness (QED) is 0.453. The van der Waals surface area contributed by atoms with E-state index in [0.717, 1.165) is 34.3 Å². The lowest BCUT2D eigenvalue weighted by Crippen LogP contribution is -2.14. The maximum Gasteiger partial charge on any atom is 0.277 e. The molecule has 0 bridgehead atoms. The molecule has 30 heavy (non-hydrogen) atoms. The van der Waals surface area contributed by atoms with E-state index in [0.29, 0.717) is 11.1 Å². The zero-order chi connectivity index (χ0) is 20.9. The summed E-state index contributed by atoms with van der Waals surface area (Å²) in [5.74, 6) is 1.25. The number of aryl methyl sites for hydroxylation is 3. The van der Waals surface area contributed by atoms with E-state index in [1.54, 1.807) is 0 Å². The van der Waals surface area contributed by atoms with Crippen molar-refractivity contribution in [3.8, 4) is 5.75 Å². The number of rotatable bonds is 7. The van der Waals surface area contributed by atoms with Crippen LogP contribution in [-0.4, -0.2) is 21.9 Å². The van der Waals surface area contributed by atoms with Crippen molar-refractivity contribution < 1.29 is 13.9 Å². The second-order valence-electron chi connectivity index (χ2n) is 7.19. The summed E-state index contributed by atoms with van der Waals surface area (Å²) in [6, 6.07) is 11.9. The van der Waals surface area contributed by atoms with Crippen LogP contribution in [0.15, 0.2) is 50.5 Å². The highest BCUT2D eigenvalue weighted by Crippen LogP contribution is 2.26. The zero-order valence-electron chi connectivity index (χ0n) is 16.6. The molecule has 0 unspecified atom stereocenters. The predicted molar refractivity (Wildman–Crippen MR) is 120 cm³/mol. The number of hydrogen-bond donors (Lipinski definition) is 1. The molecule has 6 nitrogen and oxygen atoms in total. The topological polar surface area (TPSA) is 77.2 Å². The lowest BCUT2D eigenvalue weighted by Gasteiger charge is -2.16. The Morgan fingerprint density at radius 1 is 1.17 bits per heavy atom. The molecule has 0 fully saturated rings. The fourth-order valence-electron chi connectivity index (χ4n) is 3.35. The first-order valence-corrected chi connectivity index (χ1v) is 11.6. The highest BCUT2D eigenvalue weighted by atomic mass is 79.9. The van der Waals surface area contributed by atoms with E-state index in [2.05, 4.69) is 43.6 Å². The molecule has 0 saturated heterocycles. The van der Waals surface area contributed by atoms with Gasteiger partial charge in [-0.2, -0.15) is 0 Å². The molecule has 1 aliphatic carbocycles. The monoisotopic (exact) mass is 487 g/mol. The van der Waals surface area contributed by atoms with E-state index in [-0.39, 0.29) is 18.3 Å². The molecule has 1 aromatic heterocycles. The number of amides is 1. The summed E-state index contributed by atoms with van der Waals surface area (Å²) in [6.07, 6.45) is 4.75. The smallest absolute Gasteiger partial charge is 0.277 e. The van der Waals surface area contributed by atoms with Crippen molar-refractivity contribution in [1.82, 2.24) is 10.2 Å². The third-order valence-electron chi connectivity index (χ3n) is 4.90. The van der Waals surface area contributed by atoms with E-state index in [4.69, 9.17) is 9.15 Å². The molecule has 0 spiro atoms. The largest absolute Gasteiger partial charge is 0.484 e. The van der Waals surface area contributed by atoms with E-state index in [1.807, 2.05) is 31.2 Å². The van der Waals surface area contributed by atoms with Gasteiger partial charge >= 0.3 is 0 Å². The number of hydrogen-bond acceptors (Lipinski definition) is 6. The minimum atomic E-state index is -0.133. The maximum atomic E-state index is 12.2. The predicted octanol–water partition coefficient (Wildman–Crippen LogP) is 5.33. The van der Waals surface area contributed by atoms with Gasteiger partial charge in [-0.1, -0.05) is 33.8 Å². The molecule has 2 aromatic carbocycles. The number of halogens is 1. The average molecular weight is 488 g/mol. The van der Waals surface area contributed by atoms with Crippen molar-refractivity contribution in [2.24, 2.45) is 0 Å². The minimum Gasteiger partial charge on any atom is -0.484 e. The van der Waals surface area contributed by atoms with Crippen LogP contribution in [0.5, 0.6) is 5.75 Å². The second-order valence-corrected chi connectivity index (χ2v) is 8.97. The maximum absolute atomic E-state index is 12.2. The number of thioether (sulfide) groups is 1. The number of benzene rings is 2. The molecule has 1 aliphatic rings. The number of ether oxygens (including phenoxy) is 1. The number of carbonyl (C=O) groups is 1. The van der Waals surface area contributed by atoms with Gasteiger partial charge in [0.25, 0.3) is 11.1 Å². The number of fused-ring (bicyclic) bond motifs is 1. The zero-order valence-corrected chi connectivity index (χ0v) is 19.0. The summed E-state index contributed by atoms with van der Waals surface area (Å²) in [6.45, 7) is 2.18. The summed E-state index contributed by atoms with van der Waals surface area (Å²) in [4.78, 5) is 12.2. The minimum absolute atomic E-state index is 0.133. The summed E-state index contributed by atoms with van der Waals surface area (Å²) in [5.41, 5.74) is 4.60. The van der Waals surface area contributed by atoms with Crippen LogP contribution in [0.4, 0.5) is 5.69 Å². The van der Waals surface area contributed by atoms with Gasteiger partial charge in [0.15, 0.2) is 6.61 Å². The second kappa shape index (κ2) is 9.66. The average Bonchev–Trinajstić information content (AvgIpc) is 3.21. The number of nitrogens with zero attached hydrogens (tertiary/aromatic N) is 2. The van der Waals surface area contributed by atoms with E-state index >= 15 is 0 Å². The Kier molecular flexibility index (Phi) is 6.74. The molecule has 0 aliphatic heterocycles. The van der Waals surface area contributed by atoms with Gasteiger partial charge in [-0.25, -0.2) is 0 Å². The Balaban J connectivity index is 1.26. The van der Waals surface area contributed by atoms with Gasteiger partial charge in [-0.3, -0.25) is 4.79 Å². The number of carbonyl (C=O) groups excluding carboxylic acids is 1. The van der Waals surface area contributed by atoms with Crippen LogP contribution < -0.4 is 10.1 Å². The van der Waals surface area contributed by atoms with Crippen molar-refractivity contribution >= 4 is 39.3 Å². The first-order valence-electron chi connectivity index (χ1n) is 9.82. The molecule has 0 radical (unpaired) electrons. The molecular formula is C22H22BrN3O3S. The highest BCUT2D eigenvalue weighted by molar-refractivity contribution is 9.10. The van der Waals surface area contributed by atoms with Crippen LogP contribution in [-0.2, 0) is 24.2 Å². The van der Waals surface area contributed by atoms with Crippen molar-refractivity contribution in [3.05, 3.63) is 63.5 Å². The Morgan fingerprint density at radius 3 is 2.83 bits per heavy atom. The first-order chi connectivity index (χ1) is 14.6. The molecular weight excluding hydrogens is 466 g/mol.